The number of rotatable bonds is 4. The first-order valence-electron chi connectivity index (χ1n) is 5.56. The van der Waals surface area contributed by atoms with E-state index in [-0.39, 0.29) is 0 Å². The van der Waals surface area contributed by atoms with Crippen LogP contribution in [0.2, 0.25) is 10.0 Å². The molecule has 1 aromatic carbocycles. The van der Waals surface area contributed by atoms with Crippen molar-refractivity contribution < 1.29 is 4.74 Å². The van der Waals surface area contributed by atoms with Crippen LogP contribution >= 0.6 is 23.2 Å². The third kappa shape index (κ3) is 3.27. The summed E-state index contributed by atoms with van der Waals surface area (Å²) in [6.07, 6.45) is 2.62. The lowest BCUT2D eigenvalue weighted by molar-refractivity contribution is 0.238. The summed E-state index contributed by atoms with van der Waals surface area (Å²) in [6, 6.07) is 5.36. The Labute approximate surface area is 106 Å². The van der Waals surface area contributed by atoms with Gasteiger partial charge in [0.2, 0.25) is 0 Å². The predicted octanol–water partition coefficient (Wildman–Crippen LogP) is 3.47. The average molecular weight is 260 g/mol. The van der Waals surface area contributed by atoms with Gasteiger partial charge in [0.05, 0.1) is 10.0 Å². The Bertz CT molecular complexity index is 351. The minimum Gasteiger partial charge on any atom is -0.492 e. The zero-order chi connectivity index (χ0) is 11.4. The fourth-order valence-corrected chi connectivity index (χ4v) is 2.15. The number of hydrogen-bond acceptors (Lipinski definition) is 2. The van der Waals surface area contributed by atoms with Crippen molar-refractivity contribution in [3.8, 4) is 5.75 Å². The second-order valence-corrected chi connectivity index (χ2v) is 4.79. The maximum atomic E-state index is 5.90. The van der Waals surface area contributed by atoms with Crippen LogP contribution in [0.5, 0.6) is 5.75 Å². The molecule has 0 saturated carbocycles. The highest BCUT2D eigenvalue weighted by molar-refractivity contribution is 6.42. The second kappa shape index (κ2) is 5.76. The van der Waals surface area contributed by atoms with Crippen molar-refractivity contribution in [1.29, 1.82) is 0 Å². The maximum Gasteiger partial charge on any atom is 0.120 e. The van der Waals surface area contributed by atoms with Gasteiger partial charge in [0.15, 0.2) is 0 Å². The predicted molar refractivity (Wildman–Crippen MR) is 67.6 cm³/mol. The van der Waals surface area contributed by atoms with Gasteiger partial charge in [-0.1, -0.05) is 23.2 Å². The summed E-state index contributed by atoms with van der Waals surface area (Å²) in [5.41, 5.74) is 0. The molecule has 0 amide bonds. The van der Waals surface area contributed by atoms with Crippen LogP contribution in [-0.2, 0) is 0 Å². The van der Waals surface area contributed by atoms with Gasteiger partial charge in [0.1, 0.15) is 12.4 Å². The fourth-order valence-electron chi connectivity index (χ4n) is 1.87. The zero-order valence-electron chi connectivity index (χ0n) is 9.09. The van der Waals surface area contributed by atoms with Gasteiger partial charge in [0.25, 0.3) is 0 Å². The Kier molecular flexibility index (Phi) is 4.33. The molecule has 1 fully saturated rings. The third-order valence-electron chi connectivity index (χ3n) is 2.77. The molecule has 1 saturated heterocycles. The van der Waals surface area contributed by atoms with E-state index in [1.54, 1.807) is 12.1 Å². The van der Waals surface area contributed by atoms with Crippen LogP contribution in [0, 0.1) is 0 Å². The summed E-state index contributed by atoms with van der Waals surface area (Å²) >= 11 is 11.7. The minimum atomic E-state index is 0.542. The molecule has 16 heavy (non-hydrogen) atoms. The van der Waals surface area contributed by atoms with E-state index >= 15 is 0 Å². The van der Waals surface area contributed by atoms with Crippen LogP contribution in [0.4, 0.5) is 0 Å². The first kappa shape index (κ1) is 12.0. The molecule has 0 atom stereocenters. The highest BCUT2D eigenvalue weighted by atomic mass is 35.5. The van der Waals surface area contributed by atoms with Gasteiger partial charge < -0.3 is 4.74 Å². The van der Waals surface area contributed by atoms with Gasteiger partial charge in [-0.25, -0.2) is 0 Å². The molecule has 2 rings (SSSR count). The first-order chi connectivity index (χ1) is 7.75. The number of hydrogen-bond donors (Lipinski definition) is 0. The van der Waals surface area contributed by atoms with Gasteiger partial charge in [-0.15, -0.1) is 0 Å². The molecule has 0 N–H and O–H groups in total. The molecule has 1 aliphatic heterocycles. The van der Waals surface area contributed by atoms with Crippen LogP contribution in [0.15, 0.2) is 18.2 Å². The number of likely N-dealkylation sites (tertiary alicyclic amines) is 1. The fraction of sp³-hybridized carbons (Fsp3) is 0.500. The maximum absolute atomic E-state index is 5.90. The van der Waals surface area contributed by atoms with Gasteiger partial charge in [-0.05, 0) is 38.1 Å². The Hall–Kier alpha value is -0.440. The lowest BCUT2D eigenvalue weighted by Crippen LogP contribution is -2.25. The topological polar surface area (TPSA) is 12.5 Å². The van der Waals surface area contributed by atoms with Crippen molar-refractivity contribution in [2.45, 2.75) is 12.8 Å². The number of ether oxygens (including phenoxy) is 1. The summed E-state index contributed by atoms with van der Waals surface area (Å²) in [5.74, 6) is 0.786. The molecule has 1 aliphatic rings. The van der Waals surface area contributed by atoms with E-state index in [1.807, 2.05) is 6.07 Å². The zero-order valence-corrected chi connectivity index (χ0v) is 10.6. The van der Waals surface area contributed by atoms with Crippen LogP contribution in [0.3, 0.4) is 0 Å². The molecule has 1 aromatic rings. The molecule has 0 unspecified atom stereocenters. The Morgan fingerprint density at radius 2 is 1.88 bits per heavy atom. The standard InChI is InChI=1S/C12H15Cl2NO/c13-11-4-3-10(9-12(11)14)16-8-7-15-5-1-2-6-15/h3-4,9H,1-2,5-8H2. The van der Waals surface area contributed by atoms with Crippen molar-refractivity contribution in [3.63, 3.8) is 0 Å². The molecular formula is C12H15Cl2NO. The summed E-state index contributed by atoms with van der Waals surface area (Å²) in [4.78, 5) is 2.41. The van der Waals surface area contributed by atoms with Crippen LogP contribution in [0.25, 0.3) is 0 Å². The van der Waals surface area contributed by atoms with Crippen molar-refractivity contribution >= 4 is 23.2 Å². The molecule has 0 bridgehead atoms. The van der Waals surface area contributed by atoms with E-state index in [2.05, 4.69) is 4.90 Å². The summed E-state index contributed by atoms with van der Waals surface area (Å²) < 4.78 is 5.62. The van der Waals surface area contributed by atoms with Crippen LogP contribution in [-0.4, -0.2) is 31.1 Å². The van der Waals surface area contributed by atoms with Crippen molar-refractivity contribution in [3.05, 3.63) is 28.2 Å². The number of halogens is 2. The van der Waals surface area contributed by atoms with Crippen LogP contribution in [0.1, 0.15) is 12.8 Å². The first-order valence-corrected chi connectivity index (χ1v) is 6.31. The highest BCUT2D eigenvalue weighted by Gasteiger charge is 2.10. The SMILES string of the molecule is Clc1ccc(OCCN2CCCC2)cc1Cl. The molecule has 4 heteroatoms. The highest BCUT2D eigenvalue weighted by Crippen LogP contribution is 2.26. The van der Waals surface area contributed by atoms with Gasteiger partial charge >= 0.3 is 0 Å². The monoisotopic (exact) mass is 259 g/mol. The van der Waals surface area contributed by atoms with Crippen molar-refractivity contribution in [1.82, 2.24) is 4.90 Å². The molecule has 0 radical (unpaired) electrons. The van der Waals surface area contributed by atoms with Crippen LogP contribution < -0.4 is 4.74 Å². The van der Waals surface area contributed by atoms with Gasteiger partial charge in [-0.3, -0.25) is 4.90 Å². The minimum absolute atomic E-state index is 0.542. The average Bonchev–Trinajstić information content (AvgIpc) is 2.76. The molecule has 2 nitrogen and oxygen atoms in total. The molecule has 1 heterocycles. The smallest absolute Gasteiger partial charge is 0.120 e. The summed E-state index contributed by atoms with van der Waals surface area (Å²) in [6.45, 7) is 4.09. The Morgan fingerprint density at radius 3 is 2.56 bits per heavy atom. The van der Waals surface area contributed by atoms with Gasteiger partial charge in [-0.2, -0.15) is 0 Å². The Balaban J connectivity index is 1.78. The molecule has 0 aliphatic carbocycles. The lowest BCUT2D eigenvalue weighted by Gasteiger charge is -2.15. The van der Waals surface area contributed by atoms with E-state index in [0.717, 1.165) is 12.3 Å². The molecule has 0 aromatic heterocycles. The second-order valence-electron chi connectivity index (χ2n) is 3.97. The summed E-state index contributed by atoms with van der Waals surface area (Å²) in [5, 5.41) is 1.11. The van der Waals surface area contributed by atoms with Crippen molar-refractivity contribution in [2.24, 2.45) is 0 Å². The summed E-state index contributed by atoms with van der Waals surface area (Å²) in [7, 11) is 0. The number of benzene rings is 1. The van der Waals surface area contributed by atoms with E-state index < -0.39 is 0 Å². The van der Waals surface area contributed by atoms with E-state index in [9.17, 15) is 0 Å². The molecule has 0 spiro atoms. The van der Waals surface area contributed by atoms with Crippen molar-refractivity contribution in [2.75, 3.05) is 26.2 Å². The number of nitrogens with zero attached hydrogens (tertiary/aromatic N) is 1. The Morgan fingerprint density at radius 1 is 1.12 bits per heavy atom. The quantitative estimate of drug-likeness (QED) is 0.821. The van der Waals surface area contributed by atoms with E-state index in [4.69, 9.17) is 27.9 Å². The van der Waals surface area contributed by atoms with Gasteiger partial charge in [0, 0.05) is 12.6 Å². The largest absolute Gasteiger partial charge is 0.492 e. The lowest BCUT2D eigenvalue weighted by atomic mass is 10.3. The third-order valence-corrected chi connectivity index (χ3v) is 3.51. The van der Waals surface area contributed by atoms with E-state index in [1.165, 1.54) is 25.9 Å². The molecular weight excluding hydrogens is 245 g/mol. The molecule has 88 valence electrons. The van der Waals surface area contributed by atoms with E-state index in [0.29, 0.717) is 16.7 Å². The normalized spacial score (nSPS) is 16.6.